The van der Waals surface area contributed by atoms with Crippen molar-refractivity contribution in [1.82, 2.24) is 4.90 Å². The van der Waals surface area contributed by atoms with Crippen molar-refractivity contribution in [2.24, 2.45) is 0 Å². The van der Waals surface area contributed by atoms with E-state index in [9.17, 15) is 4.79 Å². The molecule has 1 fully saturated rings. The number of nitrogens with two attached hydrogens (primary N) is 1. The third-order valence-electron chi connectivity index (χ3n) is 4.66. The van der Waals surface area contributed by atoms with Crippen LogP contribution in [0.4, 0.5) is 11.4 Å². The molecule has 0 radical (unpaired) electrons. The fraction of sp³-hybridized carbons (Fsp3) is 0.316. The van der Waals surface area contributed by atoms with Gasteiger partial charge in [-0.25, -0.2) is 4.79 Å². The van der Waals surface area contributed by atoms with Crippen molar-refractivity contribution in [2.45, 2.75) is 6.92 Å². The average molecular weight is 325 g/mol. The molecule has 0 unspecified atom stereocenters. The number of carboxylic acid groups (broad SMARTS) is 1. The Hall–Kier alpha value is -2.53. The first kappa shape index (κ1) is 16.3. The van der Waals surface area contributed by atoms with Crippen LogP contribution in [-0.4, -0.2) is 49.2 Å². The summed E-state index contributed by atoms with van der Waals surface area (Å²) in [6.45, 7) is 6.10. The zero-order valence-electron chi connectivity index (χ0n) is 14.1. The Bertz CT molecular complexity index is 748. The summed E-state index contributed by atoms with van der Waals surface area (Å²) in [7, 11) is 2.13. The first-order valence-corrected chi connectivity index (χ1v) is 8.13. The van der Waals surface area contributed by atoms with Gasteiger partial charge in [-0.3, -0.25) is 0 Å². The first-order valence-electron chi connectivity index (χ1n) is 8.13. The van der Waals surface area contributed by atoms with Crippen molar-refractivity contribution in [3.05, 3.63) is 47.5 Å². The fourth-order valence-corrected chi connectivity index (χ4v) is 3.13. The van der Waals surface area contributed by atoms with Gasteiger partial charge in [0.1, 0.15) is 0 Å². The molecule has 1 aliphatic rings. The number of nitrogen functional groups attached to an aromatic ring is 1. The lowest BCUT2D eigenvalue weighted by Crippen LogP contribution is -2.44. The zero-order valence-corrected chi connectivity index (χ0v) is 14.1. The topological polar surface area (TPSA) is 69.8 Å². The van der Waals surface area contributed by atoms with Crippen LogP contribution in [0, 0.1) is 6.92 Å². The summed E-state index contributed by atoms with van der Waals surface area (Å²) in [6, 6.07) is 11.1. The molecular formula is C19H23N3O2. The van der Waals surface area contributed by atoms with Crippen LogP contribution in [0.3, 0.4) is 0 Å². The van der Waals surface area contributed by atoms with Crippen LogP contribution >= 0.6 is 0 Å². The molecule has 2 aromatic rings. The number of hydrogen-bond acceptors (Lipinski definition) is 4. The van der Waals surface area contributed by atoms with Crippen molar-refractivity contribution < 1.29 is 9.90 Å². The molecule has 3 rings (SSSR count). The number of aromatic carboxylic acids is 1. The van der Waals surface area contributed by atoms with Crippen LogP contribution in [-0.2, 0) is 0 Å². The van der Waals surface area contributed by atoms with Gasteiger partial charge in [0.05, 0.1) is 16.9 Å². The number of carboxylic acids is 1. The lowest BCUT2D eigenvalue weighted by molar-refractivity contribution is 0.0697. The quantitative estimate of drug-likeness (QED) is 0.849. The molecular weight excluding hydrogens is 302 g/mol. The third-order valence-corrected chi connectivity index (χ3v) is 4.66. The standard InChI is InChI=1S/C19H23N3O2/c1-13-11-18(22-9-7-21(2)8-10-22)17(20)12-16(13)14-3-5-15(6-4-14)19(23)24/h3-6,11-12H,7-10,20H2,1-2H3,(H,23,24). The highest BCUT2D eigenvalue weighted by Crippen LogP contribution is 2.33. The van der Waals surface area contributed by atoms with E-state index in [4.69, 9.17) is 10.8 Å². The van der Waals surface area contributed by atoms with Crippen LogP contribution in [0.25, 0.3) is 11.1 Å². The van der Waals surface area contributed by atoms with Gasteiger partial charge in [-0.15, -0.1) is 0 Å². The van der Waals surface area contributed by atoms with Gasteiger partial charge in [0.2, 0.25) is 0 Å². The van der Waals surface area contributed by atoms with Gasteiger partial charge in [-0.2, -0.15) is 0 Å². The van der Waals surface area contributed by atoms with Gasteiger partial charge >= 0.3 is 5.97 Å². The van der Waals surface area contributed by atoms with E-state index in [1.807, 2.05) is 18.2 Å². The highest BCUT2D eigenvalue weighted by Gasteiger charge is 2.18. The van der Waals surface area contributed by atoms with Crippen molar-refractivity contribution in [3.8, 4) is 11.1 Å². The summed E-state index contributed by atoms with van der Waals surface area (Å²) in [5, 5.41) is 9.02. The van der Waals surface area contributed by atoms with Crippen molar-refractivity contribution in [2.75, 3.05) is 43.9 Å². The molecule has 0 saturated carbocycles. The predicted octanol–water partition coefficient (Wildman–Crippen LogP) is 2.69. The SMILES string of the molecule is Cc1cc(N2CCN(C)CC2)c(N)cc1-c1ccc(C(=O)O)cc1. The minimum absolute atomic E-state index is 0.290. The smallest absolute Gasteiger partial charge is 0.335 e. The van der Waals surface area contributed by atoms with Crippen LogP contribution in [0.15, 0.2) is 36.4 Å². The Morgan fingerprint density at radius 3 is 2.29 bits per heavy atom. The minimum Gasteiger partial charge on any atom is -0.478 e. The average Bonchev–Trinajstić information content (AvgIpc) is 2.57. The number of carbonyl (C=O) groups is 1. The molecule has 2 aromatic carbocycles. The monoisotopic (exact) mass is 325 g/mol. The number of hydrogen-bond donors (Lipinski definition) is 2. The molecule has 0 bridgehead atoms. The summed E-state index contributed by atoms with van der Waals surface area (Å²) < 4.78 is 0. The maximum absolute atomic E-state index is 11.0. The highest BCUT2D eigenvalue weighted by atomic mass is 16.4. The maximum atomic E-state index is 11.0. The molecule has 1 heterocycles. The lowest BCUT2D eigenvalue weighted by Gasteiger charge is -2.35. The van der Waals surface area contributed by atoms with Gasteiger partial charge < -0.3 is 20.6 Å². The number of benzene rings is 2. The maximum Gasteiger partial charge on any atom is 0.335 e. The third kappa shape index (κ3) is 3.21. The molecule has 5 nitrogen and oxygen atoms in total. The van der Waals surface area contributed by atoms with E-state index in [-0.39, 0.29) is 0 Å². The van der Waals surface area contributed by atoms with Crippen LogP contribution < -0.4 is 10.6 Å². The molecule has 0 atom stereocenters. The molecule has 0 aromatic heterocycles. The van der Waals surface area contributed by atoms with Gasteiger partial charge in [0, 0.05) is 26.2 Å². The number of rotatable bonds is 3. The summed E-state index contributed by atoms with van der Waals surface area (Å²) in [5.41, 5.74) is 11.6. The Labute approximate surface area is 142 Å². The Kier molecular flexibility index (Phi) is 4.44. The van der Waals surface area contributed by atoms with Crippen LogP contribution in [0.2, 0.25) is 0 Å². The summed E-state index contributed by atoms with van der Waals surface area (Å²) in [6.07, 6.45) is 0. The van der Waals surface area contributed by atoms with Crippen molar-refractivity contribution in [3.63, 3.8) is 0 Å². The second-order valence-corrected chi connectivity index (χ2v) is 6.40. The highest BCUT2D eigenvalue weighted by molar-refractivity contribution is 5.88. The van der Waals surface area contributed by atoms with E-state index >= 15 is 0 Å². The van der Waals surface area contributed by atoms with Crippen LogP contribution in [0.1, 0.15) is 15.9 Å². The van der Waals surface area contributed by atoms with Crippen LogP contribution in [0.5, 0.6) is 0 Å². The van der Waals surface area contributed by atoms with Gasteiger partial charge in [0.25, 0.3) is 0 Å². The number of nitrogens with zero attached hydrogens (tertiary/aromatic N) is 2. The largest absolute Gasteiger partial charge is 0.478 e. The molecule has 3 N–H and O–H groups in total. The Morgan fingerprint density at radius 1 is 1.08 bits per heavy atom. The second kappa shape index (κ2) is 6.53. The van der Waals surface area contributed by atoms with Crippen molar-refractivity contribution in [1.29, 1.82) is 0 Å². The number of aryl methyl sites for hydroxylation is 1. The molecule has 5 heteroatoms. The number of anilines is 2. The molecule has 0 aliphatic carbocycles. The number of likely N-dealkylation sites (N-methyl/N-ethyl adjacent to an activating group) is 1. The molecule has 126 valence electrons. The fourth-order valence-electron chi connectivity index (χ4n) is 3.13. The van der Waals surface area contributed by atoms with Gasteiger partial charge in [-0.05, 0) is 54.9 Å². The first-order chi connectivity index (χ1) is 11.5. The minimum atomic E-state index is -0.914. The Morgan fingerprint density at radius 2 is 1.71 bits per heavy atom. The van der Waals surface area contributed by atoms with Gasteiger partial charge in [-0.1, -0.05) is 12.1 Å². The van der Waals surface area contributed by atoms with E-state index in [2.05, 4.69) is 29.8 Å². The lowest BCUT2D eigenvalue weighted by atomic mass is 9.97. The summed E-state index contributed by atoms with van der Waals surface area (Å²) in [4.78, 5) is 15.6. The second-order valence-electron chi connectivity index (χ2n) is 6.40. The predicted molar refractivity (Wildman–Crippen MR) is 97.7 cm³/mol. The van der Waals surface area contributed by atoms with E-state index in [0.717, 1.165) is 54.2 Å². The van der Waals surface area contributed by atoms with E-state index in [0.29, 0.717) is 5.56 Å². The molecule has 24 heavy (non-hydrogen) atoms. The normalized spacial score (nSPS) is 15.5. The van der Waals surface area contributed by atoms with E-state index in [1.54, 1.807) is 12.1 Å². The van der Waals surface area contributed by atoms with Crippen molar-refractivity contribution >= 4 is 17.3 Å². The molecule has 0 spiro atoms. The summed E-state index contributed by atoms with van der Waals surface area (Å²) in [5.74, 6) is -0.914. The van der Waals surface area contributed by atoms with Gasteiger partial charge in [0.15, 0.2) is 0 Å². The Balaban J connectivity index is 1.90. The van der Waals surface area contributed by atoms with E-state index in [1.165, 1.54) is 0 Å². The van der Waals surface area contributed by atoms with E-state index < -0.39 is 5.97 Å². The molecule has 1 saturated heterocycles. The summed E-state index contributed by atoms with van der Waals surface area (Å²) >= 11 is 0. The molecule has 1 aliphatic heterocycles. The molecule has 0 amide bonds. The number of piperazine rings is 1. The zero-order chi connectivity index (χ0) is 17.3.